The summed E-state index contributed by atoms with van der Waals surface area (Å²) in [7, 11) is 0. The molecule has 0 spiro atoms. The van der Waals surface area contributed by atoms with Crippen molar-refractivity contribution in [2.45, 2.75) is 6.42 Å². The highest BCUT2D eigenvalue weighted by molar-refractivity contribution is 6.08. The van der Waals surface area contributed by atoms with E-state index in [2.05, 4.69) is 72.8 Å². The van der Waals surface area contributed by atoms with Gasteiger partial charge in [-0.25, -0.2) is 0 Å². The third kappa shape index (κ3) is 4.83. The van der Waals surface area contributed by atoms with E-state index in [0.717, 1.165) is 17.5 Å². The van der Waals surface area contributed by atoms with E-state index in [0.29, 0.717) is 0 Å². The van der Waals surface area contributed by atoms with Gasteiger partial charge in [-0.15, -0.1) is 0 Å². The molecule has 0 saturated heterocycles. The Bertz CT molecular complexity index is 1330. The average Bonchev–Trinajstić information content (AvgIpc) is 2.90. The van der Waals surface area contributed by atoms with E-state index in [9.17, 15) is 4.79 Å². The van der Waals surface area contributed by atoms with Crippen molar-refractivity contribution in [2.24, 2.45) is 0 Å². The molecule has 5 rings (SSSR count). The Balaban J connectivity index is 1.26. The Labute approximate surface area is 195 Å². The summed E-state index contributed by atoms with van der Waals surface area (Å²) in [5, 5.41) is 0. The smallest absolute Gasteiger partial charge is 0.193 e. The minimum absolute atomic E-state index is 0.0600. The first-order valence-electron chi connectivity index (χ1n) is 11.2. The zero-order chi connectivity index (χ0) is 22.5. The second-order valence-electron chi connectivity index (χ2n) is 8.21. The highest BCUT2D eigenvalue weighted by Gasteiger charge is 2.08. The van der Waals surface area contributed by atoms with Gasteiger partial charge in [0.05, 0.1) is 0 Å². The first-order chi connectivity index (χ1) is 16.3. The lowest BCUT2D eigenvalue weighted by molar-refractivity contribution is 0.103. The van der Waals surface area contributed by atoms with Crippen LogP contribution in [0.2, 0.25) is 0 Å². The number of ketones is 1. The molecule has 0 aliphatic heterocycles. The van der Waals surface area contributed by atoms with E-state index in [1.165, 1.54) is 33.4 Å². The van der Waals surface area contributed by atoms with Gasteiger partial charge in [0.2, 0.25) is 0 Å². The molecule has 0 atom stereocenters. The lowest BCUT2D eigenvalue weighted by atomic mass is 9.97. The predicted octanol–water partition coefficient (Wildman–Crippen LogP) is 7.84. The van der Waals surface area contributed by atoms with Crippen molar-refractivity contribution in [1.29, 1.82) is 0 Å². The second kappa shape index (κ2) is 9.50. The fraction of sp³-hybridized carbons (Fsp3) is 0.0312. The van der Waals surface area contributed by atoms with Crippen LogP contribution in [0.3, 0.4) is 0 Å². The molecule has 0 bridgehead atoms. The first-order valence-corrected chi connectivity index (χ1v) is 11.2. The summed E-state index contributed by atoms with van der Waals surface area (Å²) in [4.78, 5) is 12.6. The molecule has 0 heterocycles. The minimum atomic E-state index is 0.0600. The van der Waals surface area contributed by atoms with Crippen LogP contribution in [0.15, 0.2) is 133 Å². The first kappa shape index (κ1) is 20.7. The maximum absolute atomic E-state index is 12.6. The molecule has 1 heteroatoms. The second-order valence-corrected chi connectivity index (χ2v) is 8.21. The fourth-order valence-electron chi connectivity index (χ4n) is 4.07. The van der Waals surface area contributed by atoms with Crippen LogP contribution in [0.25, 0.3) is 22.3 Å². The van der Waals surface area contributed by atoms with E-state index < -0.39 is 0 Å². The molecule has 0 aromatic heterocycles. The lowest BCUT2D eigenvalue weighted by Gasteiger charge is -2.08. The van der Waals surface area contributed by atoms with Crippen molar-refractivity contribution in [3.8, 4) is 22.3 Å². The van der Waals surface area contributed by atoms with Gasteiger partial charge in [-0.3, -0.25) is 4.79 Å². The summed E-state index contributed by atoms with van der Waals surface area (Å²) < 4.78 is 0. The standard InChI is InChI=1S/C32H24O/c33-32(30-9-5-2-6-10-30)31-17-13-25(14-18-31)23-24-11-15-27(16-12-24)29-21-19-28(20-22-29)26-7-3-1-4-8-26/h1-22H,23H2. The average molecular weight is 425 g/mol. The molecule has 0 unspecified atom stereocenters. The van der Waals surface area contributed by atoms with Gasteiger partial charge >= 0.3 is 0 Å². The van der Waals surface area contributed by atoms with Crippen LogP contribution in [0.4, 0.5) is 0 Å². The van der Waals surface area contributed by atoms with Crippen LogP contribution >= 0.6 is 0 Å². The number of benzene rings is 5. The molecule has 0 aliphatic carbocycles. The number of carbonyl (C=O) groups is 1. The number of rotatable bonds is 6. The Morgan fingerprint density at radius 2 is 0.758 bits per heavy atom. The van der Waals surface area contributed by atoms with Gasteiger partial charge < -0.3 is 0 Å². The van der Waals surface area contributed by atoms with Gasteiger partial charge in [0.15, 0.2) is 5.78 Å². The number of carbonyl (C=O) groups excluding carboxylic acids is 1. The van der Waals surface area contributed by atoms with Gasteiger partial charge in [-0.1, -0.05) is 133 Å². The highest BCUT2D eigenvalue weighted by atomic mass is 16.1. The molecular formula is C32H24O. The topological polar surface area (TPSA) is 17.1 Å². The van der Waals surface area contributed by atoms with Gasteiger partial charge in [-0.05, 0) is 39.8 Å². The van der Waals surface area contributed by atoms with Crippen molar-refractivity contribution in [2.75, 3.05) is 0 Å². The van der Waals surface area contributed by atoms with Crippen LogP contribution in [-0.4, -0.2) is 5.78 Å². The largest absolute Gasteiger partial charge is 0.289 e. The van der Waals surface area contributed by atoms with E-state index in [1.54, 1.807) is 0 Å². The van der Waals surface area contributed by atoms with Gasteiger partial charge in [0.25, 0.3) is 0 Å². The Morgan fingerprint density at radius 3 is 1.27 bits per heavy atom. The van der Waals surface area contributed by atoms with Crippen molar-refractivity contribution in [1.82, 2.24) is 0 Å². The molecule has 0 aliphatic rings. The number of hydrogen-bond acceptors (Lipinski definition) is 1. The van der Waals surface area contributed by atoms with Crippen molar-refractivity contribution in [3.63, 3.8) is 0 Å². The summed E-state index contributed by atoms with van der Waals surface area (Å²) in [6.45, 7) is 0. The van der Waals surface area contributed by atoms with Gasteiger partial charge in [-0.2, -0.15) is 0 Å². The molecule has 0 saturated carbocycles. The molecule has 0 radical (unpaired) electrons. The van der Waals surface area contributed by atoms with Gasteiger partial charge in [0, 0.05) is 11.1 Å². The Kier molecular flexibility index (Phi) is 5.95. The Hall–Kier alpha value is -4.23. The summed E-state index contributed by atoms with van der Waals surface area (Å²) in [5.74, 6) is 0.0600. The maximum Gasteiger partial charge on any atom is 0.193 e. The van der Waals surface area contributed by atoms with Crippen molar-refractivity contribution >= 4 is 5.78 Å². The fourth-order valence-corrected chi connectivity index (χ4v) is 4.07. The predicted molar refractivity (Wildman–Crippen MR) is 136 cm³/mol. The summed E-state index contributed by atoms with van der Waals surface area (Å²) in [5.41, 5.74) is 8.77. The third-order valence-electron chi connectivity index (χ3n) is 5.94. The quantitative estimate of drug-likeness (QED) is 0.254. The molecule has 0 N–H and O–H groups in total. The summed E-state index contributed by atoms with van der Waals surface area (Å²) >= 11 is 0. The van der Waals surface area contributed by atoms with E-state index in [-0.39, 0.29) is 5.78 Å². The molecule has 158 valence electrons. The monoisotopic (exact) mass is 424 g/mol. The lowest BCUT2D eigenvalue weighted by Crippen LogP contribution is -2.01. The summed E-state index contributed by atoms with van der Waals surface area (Å²) in [6.07, 6.45) is 0.840. The van der Waals surface area contributed by atoms with E-state index in [1.807, 2.05) is 60.7 Å². The molecule has 33 heavy (non-hydrogen) atoms. The molecule has 5 aromatic rings. The minimum Gasteiger partial charge on any atom is -0.289 e. The number of hydrogen-bond donors (Lipinski definition) is 0. The van der Waals surface area contributed by atoms with Gasteiger partial charge in [0.1, 0.15) is 0 Å². The molecule has 0 fully saturated rings. The molecule has 0 amide bonds. The van der Waals surface area contributed by atoms with Crippen LogP contribution in [-0.2, 0) is 6.42 Å². The third-order valence-corrected chi connectivity index (χ3v) is 5.94. The van der Waals surface area contributed by atoms with Crippen LogP contribution < -0.4 is 0 Å². The normalized spacial score (nSPS) is 10.7. The Morgan fingerprint density at radius 1 is 0.394 bits per heavy atom. The molecule has 1 nitrogen and oxygen atoms in total. The van der Waals surface area contributed by atoms with Crippen molar-refractivity contribution < 1.29 is 4.79 Å². The molecular weight excluding hydrogens is 400 g/mol. The maximum atomic E-state index is 12.6. The zero-order valence-corrected chi connectivity index (χ0v) is 18.3. The summed E-state index contributed by atoms with van der Waals surface area (Å²) in [6, 6.07) is 45.2. The molecule has 5 aromatic carbocycles. The van der Waals surface area contributed by atoms with Crippen LogP contribution in [0.1, 0.15) is 27.0 Å². The van der Waals surface area contributed by atoms with E-state index >= 15 is 0 Å². The zero-order valence-electron chi connectivity index (χ0n) is 18.3. The van der Waals surface area contributed by atoms with E-state index in [4.69, 9.17) is 0 Å². The van der Waals surface area contributed by atoms with Crippen molar-refractivity contribution in [3.05, 3.63) is 156 Å². The van der Waals surface area contributed by atoms with Crippen LogP contribution in [0, 0.1) is 0 Å². The highest BCUT2D eigenvalue weighted by Crippen LogP contribution is 2.25. The van der Waals surface area contributed by atoms with Crippen LogP contribution in [0.5, 0.6) is 0 Å². The SMILES string of the molecule is O=C(c1ccccc1)c1ccc(Cc2ccc(-c3ccc(-c4ccccc4)cc3)cc2)cc1.